The van der Waals surface area contributed by atoms with Crippen molar-refractivity contribution in [3.05, 3.63) is 23.9 Å². The Morgan fingerprint density at radius 1 is 1.59 bits per heavy atom. The first-order chi connectivity index (χ1) is 8.19. The maximum absolute atomic E-state index is 11.6. The second kappa shape index (κ2) is 6.85. The fourth-order valence-electron chi connectivity index (χ4n) is 1.51. The molecular formula is C12H19N3O2. The average molecular weight is 237 g/mol. The summed E-state index contributed by atoms with van der Waals surface area (Å²) in [5, 5.41) is 15.2. The van der Waals surface area contributed by atoms with E-state index in [-0.39, 0.29) is 5.91 Å². The molecule has 5 nitrogen and oxygen atoms in total. The van der Waals surface area contributed by atoms with Gasteiger partial charge in [-0.1, -0.05) is 13.3 Å². The van der Waals surface area contributed by atoms with Crippen molar-refractivity contribution in [1.82, 2.24) is 10.3 Å². The van der Waals surface area contributed by atoms with E-state index in [9.17, 15) is 9.90 Å². The number of carbonyl (C=O) groups is 1. The molecule has 1 aromatic rings. The van der Waals surface area contributed by atoms with Gasteiger partial charge in [0.05, 0.1) is 11.7 Å². The van der Waals surface area contributed by atoms with E-state index >= 15 is 0 Å². The third kappa shape index (κ3) is 4.03. The Morgan fingerprint density at radius 2 is 2.35 bits per heavy atom. The summed E-state index contributed by atoms with van der Waals surface area (Å²) in [4.78, 5) is 15.6. The highest BCUT2D eigenvalue weighted by atomic mass is 16.3. The van der Waals surface area contributed by atoms with Crippen LogP contribution in [0.25, 0.3) is 0 Å². The van der Waals surface area contributed by atoms with Gasteiger partial charge in [-0.3, -0.25) is 4.79 Å². The summed E-state index contributed by atoms with van der Waals surface area (Å²) in [6.45, 7) is 2.41. The van der Waals surface area contributed by atoms with Gasteiger partial charge in [-0.2, -0.15) is 0 Å². The fourth-order valence-corrected chi connectivity index (χ4v) is 1.51. The topological polar surface area (TPSA) is 74.2 Å². The summed E-state index contributed by atoms with van der Waals surface area (Å²) in [6.07, 6.45) is 2.85. The van der Waals surface area contributed by atoms with Crippen LogP contribution < -0.4 is 10.6 Å². The predicted molar refractivity (Wildman–Crippen MR) is 67.0 cm³/mol. The molecule has 5 heteroatoms. The molecule has 1 atom stereocenters. The molecule has 0 saturated heterocycles. The molecule has 1 unspecified atom stereocenters. The number of nitrogens with zero attached hydrogens (tertiary/aromatic N) is 1. The van der Waals surface area contributed by atoms with Crippen molar-refractivity contribution in [1.29, 1.82) is 0 Å². The predicted octanol–water partition coefficient (Wildman–Crippen LogP) is 1.01. The van der Waals surface area contributed by atoms with Gasteiger partial charge in [0, 0.05) is 19.8 Å². The number of nitrogens with one attached hydrogen (secondary N) is 2. The van der Waals surface area contributed by atoms with Crippen molar-refractivity contribution in [3.8, 4) is 0 Å². The summed E-state index contributed by atoms with van der Waals surface area (Å²) in [5.41, 5.74) is 0.485. The van der Waals surface area contributed by atoms with Gasteiger partial charge < -0.3 is 15.7 Å². The highest BCUT2D eigenvalue weighted by Gasteiger charge is 2.11. The molecule has 0 aliphatic rings. The third-order valence-electron chi connectivity index (χ3n) is 2.41. The summed E-state index contributed by atoms with van der Waals surface area (Å²) < 4.78 is 0. The van der Waals surface area contributed by atoms with Crippen LogP contribution in [-0.4, -0.2) is 35.7 Å². The first kappa shape index (κ1) is 13.4. The highest BCUT2D eigenvalue weighted by molar-refractivity contribution is 5.98. The van der Waals surface area contributed by atoms with E-state index in [4.69, 9.17) is 0 Å². The van der Waals surface area contributed by atoms with Gasteiger partial charge in [0.25, 0.3) is 5.91 Å². The maximum Gasteiger partial charge on any atom is 0.254 e. The van der Waals surface area contributed by atoms with Crippen LogP contribution >= 0.6 is 0 Å². The van der Waals surface area contributed by atoms with Crippen LogP contribution in [0.5, 0.6) is 0 Å². The van der Waals surface area contributed by atoms with Crippen molar-refractivity contribution in [3.63, 3.8) is 0 Å². The second-order valence-electron chi connectivity index (χ2n) is 3.80. The minimum Gasteiger partial charge on any atom is -0.391 e. The lowest BCUT2D eigenvalue weighted by atomic mass is 10.2. The smallest absolute Gasteiger partial charge is 0.254 e. The number of aromatic nitrogens is 1. The van der Waals surface area contributed by atoms with Crippen LogP contribution in [0, 0.1) is 0 Å². The normalized spacial score (nSPS) is 11.9. The van der Waals surface area contributed by atoms with Crippen molar-refractivity contribution >= 4 is 11.7 Å². The standard InChI is InChI=1S/C12H19N3O2/c1-3-5-9(16)8-15-11-10(12(17)13-2)6-4-7-14-11/h4,6-7,9,16H,3,5,8H2,1-2H3,(H,13,17)(H,14,15). The van der Waals surface area contributed by atoms with Gasteiger partial charge in [-0.25, -0.2) is 4.98 Å². The Kier molecular flexibility index (Phi) is 5.42. The number of rotatable bonds is 6. The van der Waals surface area contributed by atoms with Crippen LogP contribution in [0.4, 0.5) is 5.82 Å². The molecule has 0 aromatic carbocycles. The zero-order valence-corrected chi connectivity index (χ0v) is 10.2. The van der Waals surface area contributed by atoms with E-state index in [1.165, 1.54) is 0 Å². The molecule has 1 rings (SSSR count). The van der Waals surface area contributed by atoms with Gasteiger partial charge in [-0.15, -0.1) is 0 Å². The molecule has 0 aliphatic carbocycles. The second-order valence-corrected chi connectivity index (χ2v) is 3.80. The summed E-state index contributed by atoms with van der Waals surface area (Å²) >= 11 is 0. The van der Waals surface area contributed by atoms with Crippen molar-refractivity contribution in [2.75, 3.05) is 18.9 Å². The van der Waals surface area contributed by atoms with Gasteiger partial charge in [0.1, 0.15) is 5.82 Å². The SMILES string of the molecule is CCCC(O)CNc1ncccc1C(=O)NC. The number of amides is 1. The number of aliphatic hydroxyl groups excluding tert-OH is 1. The average Bonchev–Trinajstić information content (AvgIpc) is 2.36. The number of carbonyl (C=O) groups excluding carboxylic acids is 1. The molecule has 3 N–H and O–H groups in total. The molecule has 0 fully saturated rings. The third-order valence-corrected chi connectivity index (χ3v) is 2.41. The molecule has 1 amide bonds. The summed E-state index contributed by atoms with van der Waals surface area (Å²) in [6, 6.07) is 3.40. The number of anilines is 1. The summed E-state index contributed by atoms with van der Waals surface area (Å²) in [5.74, 6) is 0.313. The summed E-state index contributed by atoms with van der Waals surface area (Å²) in [7, 11) is 1.57. The van der Waals surface area contributed by atoms with Gasteiger partial charge >= 0.3 is 0 Å². The zero-order chi connectivity index (χ0) is 12.7. The molecule has 0 saturated carbocycles. The minimum absolute atomic E-state index is 0.189. The molecule has 0 aliphatic heterocycles. The number of aliphatic hydroxyl groups is 1. The zero-order valence-electron chi connectivity index (χ0n) is 10.2. The van der Waals surface area contributed by atoms with E-state index in [2.05, 4.69) is 15.6 Å². The van der Waals surface area contributed by atoms with Gasteiger partial charge in [0.2, 0.25) is 0 Å². The molecule has 0 radical (unpaired) electrons. The molecule has 94 valence electrons. The molecular weight excluding hydrogens is 218 g/mol. The Balaban J connectivity index is 2.67. The molecule has 1 heterocycles. The van der Waals surface area contributed by atoms with Crippen LogP contribution in [0.2, 0.25) is 0 Å². The van der Waals surface area contributed by atoms with Gasteiger partial charge in [-0.05, 0) is 18.6 Å². The Hall–Kier alpha value is -1.62. The molecule has 0 bridgehead atoms. The maximum atomic E-state index is 11.6. The first-order valence-electron chi connectivity index (χ1n) is 5.78. The lowest BCUT2D eigenvalue weighted by Gasteiger charge is -2.13. The van der Waals surface area contributed by atoms with Crippen LogP contribution in [0.1, 0.15) is 30.1 Å². The Labute approximate surface area is 101 Å². The monoisotopic (exact) mass is 237 g/mol. The lowest BCUT2D eigenvalue weighted by Crippen LogP contribution is -2.24. The van der Waals surface area contributed by atoms with Crippen molar-refractivity contribution < 1.29 is 9.90 Å². The first-order valence-corrected chi connectivity index (χ1v) is 5.78. The van der Waals surface area contributed by atoms with E-state index in [0.29, 0.717) is 17.9 Å². The lowest BCUT2D eigenvalue weighted by molar-refractivity contribution is 0.0963. The highest BCUT2D eigenvalue weighted by Crippen LogP contribution is 2.11. The Bertz CT molecular complexity index is 369. The van der Waals surface area contributed by atoms with Crippen molar-refractivity contribution in [2.24, 2.45) is 0 Å². The number of hydrogen-bond acceptors (Lipinski definition) is 4. The van der Waals surface area contributed by atoms with E-state index < -0.39 is 6.10 Å². The van der Waals surface area contributed by atoms with Gasteiger partial charge in [0.15, 0.2) is 0 Å². The van der Waals surface area contributed by atoms with E-state index in [1.807, 2.05) is 6.92 Å². The van der Waals surface area contributed by atoms with E-state index in [1.54, 1.807) is 25.4 Å². The van der Waals surface area contributed by atoms with Crippen LogP contribution in [0.3, 0.4) is 0 Å². The quantitative estimate of drug-likeness (QED) is 0.690. The number of hydrogen-bond donors (Lipinski definition) is 3. The molecule has 17 heavy (non-hydrogen) atoms. The van der Waals surface area contributed by atoms with Crippen LogP contribution in [-0.2, 0) is 0 Å². The number of pyridine rings is 1. The largest absolute Gasteiger partial charge is 0.391 e. The minimum atomic E-state index is -0.417. The molecule has 0 spiro atoms. The molecule has 1 aromatic heterocycles. The van der Waals surface area contributed by atoms with Crippen LogP contribution in [0.15, 0.2) is 18.3 Å². The Morgan fingerprint density at radius 3 is 3.00 bits per heavy atom. The van der Waals surface area contributed by atoms with Crippen molar-refractivity contribution in [2.45, 2.75) is 25.9 Å². The fraction of sp³-hybridized carbons (Fsp3) is 0.500. The van der Waals surface area contributed by atoms with E-state index in [0.717, 1.165) is 12.8 Å².